The van der Waals surface area contributed by atoms with E-state index in [1.54, 1.807) is 24.3 Å². The number of pyridine rings is 1. The van der Waals surface area contributed by atoms with E-state index in [0.29, 0.717) is 17.0 Å². The number of benzene rings is 3. The van der Waals surface area contributed by atoms with Gasteiger partial charge in [-0.25, -0.2) is 4.98 Å². The number of nitrogens with one attached hydrogen (secondary N) is 1. The van der Waals surface area contributed by atoms with E-state index in [0.717, 1.165) is 22.2 Å². The van der Waals surface area contributed by atoms with Crippen LogP contribution in [0.2, 0.25) is 0 Å². The Balaban J connectivity index is 1.67. The van der Waals surface area contributed by atoms with Gasteiger partial charge in [-0.05, 0) is 36.4 Å². The number of carbonyl (C=O) groups is 1. The van der Waals surface area contributed by atoms with Gasteiger partial charge in [-0.15, -0.1) is 0 Å². The lowest BCUT2D eigenvalue weighted by atomic mass is 10.0. The van der Waals surface area contributed by atoms with Crippen LogP contribution in [-0.2, 0) is 0 Å². The first-order valence-electron chi connectivity index (χ1n) is 9.11. The van der Waals surface area contributed by atoms with Gasteiger partial charge in [-0.1, -0.05) is 48.5 Å². The van der Waals surface area contributed by atoms with E-state index in [4.69, 9.17) is 15.0 Å². The number of aromatic nitrogens is 1. The molecular formula is C24H17N3O2. The molecule has 0 aliphatic rings. The molecule has 0 aliphatic heterocycles. The Morgan fingerprint density at radius 1 is 0.966 bits per heavy atom. The van der Waals surface area contributed by atoms with Crippen molar-refractivity contribution in [1.82, 2.24) is 4.98 Å². The van der Waals surface area contributed by atoms with Crippen LogP contribution in [0.3, 0.4) is 0 Å². The van der Waals surface area contributed by atoms with Gasteiger partial charge in [0.1, 0.15) is 11.8 Å². The second-order valence-electron chi connectivity index (χ2n) is 6.36. The Bertz CT molecular complexity index is 1200. The number of ether oxygens (including phenoxy) is 1. The summed E-state index contributed by atoms with van der Waals surface area (Å²) in [7, 11) is 0. The Hall–Kier alpha value is -4.17. The highest BCUT2D eigenvalue weighted by Crippen LogP contribution is 2.26. The third-order valence-electron chi connectivity index (χ3n) is 4.45. The van der Waals surface area contributed by atoms with E-state index >= 15 is 0 Å². The first-order valence-corrected chi connectivity index (χ1v) is 9.11. The zero-order valence-corrected chi connectivity index (χ0v) is 15.5. The molecule has 5 heteroatoms. The smallest absolute Gasteiger partial charge is 0.256 e. The number of hydrogen-bond donors (Lipinski definition) is 1. The molecule has 0 fully saturated rings. The number of fused-ring (bicyclic) bond motifs is 1. The van der Waals surface area contributed by atoms with Gasteiger partial charge >= 0.3 is 0 Å². The van der Waals surface area contributed by atoms with Gasteiger partial charge in [0.05, 0.1) is 16.8 Å². The van der Waals surface area contributed by atoms with Crippen LogP contribution in [0.15, 0.2) is 84.9 Å². The van der Waals surface area contributed by atoms with E-state index in [1.165, 1.54) is 0 Å². The van der Waals surface area contributed by atoms with Gasteiger partial charge in [-0.3, -0.25) is 4.79 Å². The third kappa shape index (κ3) is 4.07. The summed E-state index contributed by atoms with van der Waals surface area (Å²) in [4.78, 5) is 17.8. The molecule has 1 amide bonds. The monoisotopic (exact) mass is 379 g/mol. The maximum absolute atomic E-state index is 13.1. The number of anilines is 1. The Kier molecular flexibility index (Phi) is 5.17. The molecule has 140 valence electrons. The highest BCUT2D eigenvalue weighted by molar-refractivity contribution is 6.13. The summed E-state index contributed by atoms with van der Waals surface area (Å²) in [6.45, 7) is -0.0169. The Labute approximate surface area is 168 Å². The van der Waals surface area contributed by atoms with Gasteiger partial charge in [0.25, 0.3) is 5.91 Å². The maximum Gasteiger partial charge on any atom is 0.256 e. The SMILES string of the molecule is N#CCOc1ccc(NC(=O)c2cc(-c3ccccc3)nc3ccccc23)cc1. The maximum atomic E-state index is 13.1. The van der Waals surface area contributed by atoms with E-state index in [9.17, 15) is 4.79 Å². The molecule has 1 aromatic heterocycles. The normalized spacial score (nSPS) is 10.3. The second kappa shape index (κ2) is 8.24. The lowest BCUT2D eigenvalue weighted by Gasteiger charge is -2.11. The summed E-state index contributed by atoms with van der Waals surface area (Å²) >= 11 is 0. The lowest BCUT2D eigenvalue weighted by Crippen LogP contribution is -2.13. The Morgan fingerprint density at radius 2 is 1.69 bits per heavy atom. The summed E-state index contributed by atoms with van der Waals surface area (Å²) in [6.07, 6.45) is 0. The van der Waals surface area contributed by atoms with Gasteiger partial charge in [0.15, 0.2) is 6.61 Å². The zero-order valence-electron chi connectivity index (χ0n) is 15.5. The van der Waals surface area contributed by atoms with Crippen LogP contribution in [0.4, 0.5) is 5.69 Å². The van der Waals surface area contributed by atoms with Crippen LogP contribution in [0, 0.1) is 11.3 Å². The fraction of sp³-hybridized carbons (Fsp3) is 0.0417. The van der Waals surface area contributed by atoms with Gasteiger partial charge in [-0.2, -0.15) is 5.26 Å². The van der Waals surface area contributed by atoms with Gasteiger partial charge in [0, 0.05) is 16.6 Å². The van der Waals surface area contributed by atoms with Crippen LogP contribution in [0.25, 0.3) is 22.2 Å². The van der Waals surface area contributed by atoms with Crippen LogP contribution in [0.5, 0.6) is 5.75 Å². The molecule has 0 unspecified atom stereocenters. The zero-order chi connectivity index (χ0) is 20.1. The summed E-state index contributed by atoms with van der Waals surface area (Å²) in [5, 5.41) is 12.3. The predicted octanol–water partition coefficient (Wildman–Crippen LogP) is 5.06. The molecule has 0 aliphatic carbocycles. The summed E-state index contributed by atoms with van der Waals surface area (Å²) in [5.41, 5.74) is 3.65. The first kappa shape index (κ1) is 18.2. The second-order valence-corrected chi connectivity index (χ2v) is 6.36. The largest absolute Gasteiger partial charge is 0.479 e. The molecule has 0 spiro atoms. The highest BCUT2D eigenvalue weighted by atomic mass is 16.5. The van der Waals surface area contributed by atoms with E-state index in [-0.39, 0.29) is 12.5 Å². The van der Waals surface area contributed by atoms with Crippen molar-refractivity contribution in [2.45, 2.75) is 0 Å². The third-order valence-corrected chi connectivity index (χ3v) is 4.45. The standard InChI is InChI=1S/C24H17N3O2/c25-14-15-29-19-12-10-18(11-13-19)26-24(28)21-16-23(17-6-2-1-3-7-17)27-22-9-5-4-8-20(21)22/h1-13,16H,15H2,(H,26,28). The number of amides is 1. The molecule has 1 N–H and O–H groups in total. The molecule has 4 rings (SSSR count). The minimum absolute atomic E-state index is 0.0169. The molecule has 4 aromatic rings. The topological polar surface area (TPSA) is 75.0 Å². The quantitative estimate of drug-likeness (QED) is 0.526. The fourth-order valence-corrected chi connectivity index (χ4v) is 3.07. The fourth-order valence-electron chi connectivity index (χ4n) is 3.07. The molecule has 29 heavy (non-hydrogen) atoms. The van der Waals surface area contributed by atoms with Crippen LogP contribution in [-0.4, -0.2) is 17.5 Å². The average molecular weight is 379 g/mol. The highest BCUT2D eigenvalue weighted by Gasteiger charge is 2.14. The van der Waals surface area contributed by atoms with Crippen LogP contribution < -0.4 is 10.1 Å². The van der Waals surface area contributed by atoms with E-state index in [1.807, 2.05) is 66.7 Å². The van der Waals surface area contributed by atoms with Crippen molar-refractivity contribution in [2.75, 3.05) is 11.9 Å². The van der Waals surface area contributed by atoms with Gasteiger partial charge < -0.3 is 10.1 Å². The number of carbonyl (C=O) groups excluding carboxylic acids is 1. The number of para-hydroxylation sites is 1. The van der Waals surface area contributed by atoms with Gasteiger partial charge in [0.2, 0.25) is 0 Å². The van der Waals surface area contributed by atoms with Crippen molar-refractivity contribution in [3.63, 3.8) is 0 Å². The van der Waals surface area contributed by atoms with Crippen molar-refractivity contribution >= 4 is 22.5 Å². The van der Waals surface area contributed by atoms with Crippen molar-refractivity contribution in [3.05, 3.63) is 90.5 Å². The summed E-state index contributed by atoms with van der Waals surface area (Å²) < 4.78 is 5.24. The number of nitriles is 1. The van der Waals surface area contributed by atoms with Crippen LogP contribution >= 0.6 is 0 Å². The molecule has 5 nitrogen and oxygen atoms in total. The van der Waals surface area contributed by atoms with Crippen molar-refractivity contribution in [2.24, 2.45) is 0 Å². The van der Waals surface area contributed by atoms with Crippen molar-refractivity contribution in [3.8, 4) is 23.1 Å². The predicted molar refractivity (Wildman–Crippen MR) is 113 cm³/mol. The molecule has 0 radical (unpaired) electrons. The van der Waals surface area contributed by atoms with Crippen molar-refractivity contribution in [1.29, 1.82) is 5.26 Å². The molecule has 1 heterocycles. The molecule has 3 aromatic carbocycles. The summed E-state index contributed by atoms with van der Waals surface area (Å²) in [6, 6.07) is 28.0. The average Bonchev–Trinajstić information content (AvgIpc) is 2.78. The van der Waals surface area contributed by atoms with E-state index < -0.39 is 0 Å². The molecular weight excluding hydrogens is 362 g/mol. The number of rotatable bonds is 5. The minimum atomic E-state index is -0.216. The molecule has 0 saturated heterocycles. The van der Waals surface area contributed by atoms with Crippen molar-refractivity contribution < 1.29 is 9.53 Å². The molecule has 0 saturated carbocycles. The molecule has 0 atom stereocenters. The minimum Gasteiger partial charge on any atom is -0.479 e. The van der Waals surface area contributed by atoms with Crippen LogP contribution in [0.1, 0.15) is 10.4 Å². The number of nitrogens with zero attached hydrogens (tertiary/aromatic N) is 2. The lowest BCUT2D eigenvalue weighted by molar-refractivity contribution is 0.102. The molecule has 0 bridgehead atoms. The van der Waals surface area contributed by atoms with E-state index in [2.05, 4.69) is 5.32 Å². The first-order chi connectivity index (χ1) is 14.2. The number of hydrogen-bond acceptors (Lipinski definition) is 4. The summed E-state index contributed by atoms with van der Waals surface area (Å²) in [5.74, 6) is 0.358. The Morgan fingerprint density at radius 3 is 2.45 bits per heavy atom.